The maximum absolute atomic E-state index is 12.7. The molecular formula is C20H31N3O. The lowest BCUT2D eigenvalue weighted by Gasteiger charge is -2.39. The number of nitrogens with two attached hydrogens (primary N) is 1. The molecule has 3 aliphatic rings. The normalized spacial score (nSPS) is 24.9. The van der Waals surface area contributed by atoms with E-state index in [1.165, 1.54) is 18.4 Å². The lowest BCUT2D eigenvalue weighted by molar-refractivity contribution is -0.140. The molecule has 2 N–H and O–H groups in total. The van der Waals surface area contributed by atoms with E-state index in [4.69, 9.17) is 5.73 Å². The Bertz CT molecular complexity index is 552. The number of hydrogen-bond donors (Lipinski definition) is 1. The van der Waals surface area contributed by atoms with Gasteiger partial charge in [-0.2, -0.15) is 0 Å². The molecule has 24 heavy (non-hydrogen) atoms. The van der Waals surface area contributed by atoms with Gasteiger partial charge in [0, 0.05) is 25.7 Å². The highest BCUT2D eigenvalue weighted by Gasteiger charge is 2.40. The van der Waals surface area contributed by atoms with Crippen LogP contribution in [0.2, 0.25) is 0 Å². The Kier molecular flexibility index (Phi) is 5.26. The number of benzene rings is 1. The molecule has 2 bridgehead atoms. The molecule has 4 heteroatoms. The van der Waals surface area contributed by atoms with Gasteiger partial charge < -0.3 is 15.5 Å². The zero-order valence-corrected chi connectivity index (χ0v) is 15.1. The number of carbonyl (C=O) groups excluding carboxylic acids is 1. The number of piperidine rings is 1. The largest absolute Gasteiger partial charge is 0.337 e. The third-order valence-corrected chi connectivity index (χ3v) is 5.38. The molecule has 3 heterocycles. The van der Waals surface area contributed by atoms with Gasteiger partial charge in [0.15, 0.2) is 0 Å². The minimum atomic E-state index is -0.761. The Morgan fingerprint density at radius 2 is 1.92 bits per heavy atom. The fourth-order valence-corrected chi connectivity index (χ4v) is 4.13. The Labute approximate surface area is 146 Å². The summed E-state index contributed by atoms with van der Waals surface area (Å²) in [6.07, 6.45) is 4.68. The predicted molar refractivity (Wildman–Crippen MR) is 97.7 cm³/mol. The van der Waals surface area contributed by atoms with Crippen molar-refractivity contribution in [2.75, 3.05) is 26.2 Å². The Balaban J connectivity index is 1.56. The molecule has 1 aromatic rings. The molecule has 0 unspecified atom stereocenters. The Morgan fingerprint density at radius 1 is 1.17 bits per heavy atom. The molecule has 3 fully saturated rings. The summed E-state index contributed by atoms with van der Waals surface area (Å²) in [5.74, 6) is 0.718. The van der Waals surface area contributed by atoms with Crippen molar-refractivity contribution in [2.24, 2.45) is 11.7 Å². The van der Waals surface area contributed by atoms with E-state index in [0.29, 0.717) is 12.0 Å². The van der Waals surface area contributed by atoms with Crippen LogP contribution in [0.5, 0.6) is 0 Å². The van der Waals surface area contributed by atoms with Gasteiger partial charge in [0.2, 0.25) is 5.91 Å². The molecule has 4 rings (SSSR count). The molecule has 132 valence electrons. The predicted octanol–water partition coefficient (Wildman–Crippen LogP) is 2.28. The van der Waals surface area contributed by atoms with E-state index in [1.807, 2.05) is 13.8 Å². The van der Waals surface area contributed by atoms with Gasteiger partial charge in [0.1, 0.15) is 0 Å². The summed E-state index contributed by atoms with van der Waals surface area (Å²) < 4.78 is 0. The van der Waals surface area contributed by atoms with Gasteiger partial charge >= 0.3 is 0 Å². The number of amides is 1. The summed E-state index contributed by atoms with van der Waals surface area (Å²) in [6, 6.07) is 11.0. The van der Waals surface area contributed by atoms with Crippen molar-refractivity contribution in [2.45, 2.75) is 51.1 Å². The van der Waals surface area contributed by atoms with Gasteiger partial charge in [-0.15, -0.1) is 0 Å². The van der Waals surface area contributed by atoms with Crippen molar-refractivity contribution in [3.63, 3.8) is 0 Å². The lowest BCUT2D eigenvalue weighted by Crippen LogP contribution is -2.57. The first-order valence-corrected chi connectivity index (χ1v) is 9.29. The molecule has 0 radical (unpaired) electrons. The van der Waals surface area contributed by atoms with E-state index in [2.05, 4.69) is 40.1 Å². The van der Waals surface area contributed by atoms with Gasteiger partial charge in [0.05, 0.1) is 5.54 Å². The van der Waals surface area contributed by atoms with Crippen LogP contribution in [-0.4, -0.2) is 53.5 Å². The molecule has 0 aliphatic carbocycles. The fraction of sp³-hybridized carbons (Fsp3) is 0.650. The van der Waals surface area contributed by atoms with Crippen molar-refractivity contribution >= 4 is 5.91 Å². The van der Waals surface area contributed by atoms with E-state index in [-0.39, 0.29) is 5.91 Å². The van der Waals surface area contributed by atoms with Crippen LogP contribution in [0.4, 0.5) is 0 Å². The molecule has 3 saturated heterocycles. The summed E-state index contributed by atoms with van der Waals surface area (Å²) in [5, 5.41) is 0. The van der Waals surface area contributed by atoms with E-state index < -0.39 is 5.54 Å². The summed E-state index contributed by atoms with van der Waals surface area (Å²) in [7, 11) is 0. The zero-order chi connectivity index (χ0) is 17.2. The van der Waals surface area contributed by atoms with Crippen LogP contribution in [0.3, 0.4) is 0 Å². The van der Waals surface area contributed by atoms with Crippen LogP contribution < -0.4 is 5.73 Å². The number of rotatable bonds is 5. The Hall–Kier alpha value is -1.39. The Morgan fingerprint density at radius 3 is 2.62 bits per heavy atom. The highest BCUT2D eigenvalue weighted by atomic mass is 16.2. The second kappa shape index (κ2) is 7.24. The number of carbonyl (C=O) groups is 1. The van der Waals surface area contributed by atoms with Crippen LogP contribution in [0.25, 0.3) is 0 Å². The van der Waals surface area contributed by atoms with Gasteiger partial charge in [-0.3, -0.25) is 4.79 Å². The zero-order valence-electron chi connectivity index (χ0n) is 15.1. The summed E-state index contributed by atoms with van der Waals surface area (Å²) >= 11 is 0. The van der Waals surface area contributed by atoms with Crippen LogP contribution in [-0.2, 0) is 11.2 Å². The van der Waals surface area contributed by atoms with Crippen molar-refractivity contribution in [3.05, 3.63) is 35.9 Å². The minimum absolute atomic E-state index is 0.114. The second-order valence-electron chi connectivity index (χ2n) is 8.13. The second-order valence-corrected chi connectivity index (χ2v) is 8.13. The SMILES string of the molecule is CC(C)(N)C(=O)N1C[C@@H]2CC[C@H]1CN(CCCc1ccccc1)C2. The van der Waals surface area contributed by atoms with Crippen LogP contribution in [0, 0.1) is 5.92 Å². The number of nitrogens with zero attached hydrogens (tertiary/aromatic N) is 2. The van der Waals surface area contributed by atoms with E-state index in [1.54, 1.807) is 0 Å². The van der Waals surface area contributed by atoms with E-state index in [9.17, 15) is 4.79 Å². The maximum Gasteiger partial charge on any atom is 0.242 e. The number of fused-ring (bicyclic) bond motifs is 4. The molecule has 2 atom stereocenters. The van der Waals surface area contributed by atoms with Gasteiger partial charge in [0.25, 0.3) is 0 Å². The van der Waals surface area contributed by atoms with Crippen LogP contribution >= 0.6 is 0 Å². The maximum atomic E-state index is 12.7. The van der Waals surface area contributed by atoms with E-state index >= 15 is 0 Å². The smallest absolute Gasteiger partial charge is 0.242 e. The molecule has 0 saturated carbocycles. The first kappa shape index (κ1) is 17.4. The monoisotopic (exact) mass is 329 g/mol. The average molecular weight is 329 g/mol. The molecule has 3 aliphatic heterocycles. The average Bonchev–Trinajstić information content (AvgIpc) is 2.85. The van der Waals surface area contributed by atoms with Crippen molar-refractivity contribution in [3.8, 4) is 0 Å². The van der Waals surface area contributed by atoms with Crippen molar-refractivity contribution in [1.29, 1.82) is 0 Å². The lowest BCUT2D eigenvalue weighted by atomic mass is 9.92. The number of hydrogen-bond acceptors (Lipinski definition) is 3. The minimum Gasteiger partial charge on any atom is -0.337 e. The van der Waals surface area contributed by atoms with Crippen LogP contribution in [0.15, 0.2) is 30.3 Å². The molecule has 0 spiro atoms. The quantitative estimate of drug-likeness (QED) is 0.901. The van der Waals surface area contributed by atoms with Crippen molar-refractivity contribution < 1.29 is 4.79 Å². The highest BCUT2D eigenvalue weighted by Crippen LogP contribution is 2.29. The molecule has 1 aromatic carbocycles. The summed E-state index contributed by atoms with van der Waals surface area (Å²) in [4.78, 5) is 17.3. The number of aryl methyl sites for hydroxylation is 1. The first-order valence-electron chi connectivity index (χ1n) is 9.29. The van der Waals surface area contributed by atoms with Gasteiger partial charge in [-0.05, 0) is 57.6 Å². The molecule has 0 aromatic heterocycles. The van der Waals surface area contributed by atoms with Gasteiger partial charge in [-0.25, -0.2) is 0 Å². The summed E-state index contributed by atoms with van der Waals surface area (Å²) in [5.41, 5.74) is 6.72. The molecule has 1 amide bonds. The molecule has 4 nitrogen and oxygen atoms in total. The third kappa shape index (κ3) is 4.17. The van der Waals surface area contributed by atoms with E-state index in [0.717, 1.165) is 39.0 Å². The topological polar surface area (TPSA) is 49.6 Å². The molecular weight excluding hydrogens is 298 g/mol. The fourth-order valence-electron chi connectivity index (χ4n) is 4.13. The van der Waals surface area contributed by atoms with Crippen molar-refractivity contribution in [1.82, 2.24) is 9.80 Å². The van der Waals surface area contributed by atoms with Gasteiger partial charge in [-0.1, -0.05) is 30.3 Å². The standard InChI is InChI=1S/C20H31N3O/c1-20(2,21)19(24)23-14-17-10-11-18(23)15-22(13-17)12-6-9-16-7-4-3-5-8-16/h3-5,7-8,17-18H,6,9-15,21H2,1-2H3/t17-,18+/m1/s1. The first-order chi connectivity index (χ1) is 11.4. The van der Waals surface area contributed by atoms with Crippen LogP contribution in [0.1, 0.15) is 38.7 Å². The highest BCUT2D eigenvalue weighted by molar-refractivity contribution is 5.85. The third-order valence-electron chi connectivity index (χ3n) is 5.38. The summed E-state index contributed by atoms with van der Waals surface area (Å²) in [6.45, 7) is 7.79.